The van der Waals surface area contributed by atoms with Gasteiger partial charge in [0, 0.05) is 25.1 Å². The van der Waals surface area contributed by atoms with Gasteiger partial charge in [-0.05, 0) is 18.4 Å². The number of benzene rings is 1. The van der Waals surface area contributed by atoms with Crippen molar-refractivity contribution in [1.82, 2.24) is 15.0 Å². The molecule has 8 heteroatoms. The Hall–Kier alpha value is -2.25. The molecular formula is C19H23ClN4O3. The summed E-state index contributed by atoms with van der Waals surface area (Å²) >= 11 is 0. The number of halogens is 1. The van der Waals surface area contributed by atoms with Crippen LogP contribution in [0.25, 0.3) is 11.4 Å². The molecule has 1 aromatic heterocycles. The molecule has 0 radical (unpaired) electrons. The van der Waals surface area contributed by atoms with Gasteiger partial charge in [0.25, 0.3) is 0 Å². The molecule has 144 valence electrons. The Kier molecular flexibility index (Phi) is 5.92. The van der Waals surface area contributed by atoms with E-state index in [0.717, 1.165) is 36.8 Å². The van der Waals surface area contributed by atoms with Crippen molar-refractivity contribution in [2.24, 2.45) is 17.6 Å². The van der Waals surface area contributed by atoms with Crippen LogP contribution in [0.15, 0.2) is 28.8 Å². The lowest BCUT2D eigenvalue weighted by molar-refractivity contribution is -0.139. The number of likely N-dealkylation sites (tertiary alicyclic amines) is 1. The van der Waals surface area contributed by atoms with Crippen LogP contribution in [-0.4, -0.2) is 33.4 Å². The second-order valence-corrected chi connectivity index (χ2v) is 6.99. The molecular weight excluding hydrogens is 368 g/mol. The van der Waals surface area contributed by atoms with Crippen molar-refractivity contribution in [3.05, 3.63) is 35.7 Å². The van der Waals surface area contributed by atoms with Crippen LogP contribution in [-0.2, 0) is 22.6 Å². The average molecular weight is 391 g/mol. The van der Waals surface area contributed by atoms with Crippen LogP contribution in [0.3, 0.4) is 0 Å². The lowest BCUT2D eigenvalue weighted by Crippen LogP contribution is -2.33. The Morgan fingerprint density at radius 2 is 1.70 bits per heavy atom. The zero-order chi connectivity index (χ0) is 18.1. The third-order valence-electron chi connectivity index (χ3n) is 5.40. The molecule has 1 aliphatic carbocycles. The molecule has 2 amide bonds. The fraction of sp³-hybridized carbons (Fsp3) is 0.474. The van der Waals surface area contributed by atoms with E-state index in [1.165, 1.54) is 4.90 Å². The summed E-state index contributed by atoms with van der Waals surface area (Å²) in [5, 5.41) is 3.99. The molecule has 0 bridgehead atoms. The number of rotatable bonds is 5. The summed E-state index contributed by atoms with van der Waals surface area (Å²) in [6.07, 6.45) is 4.10. The highest BCUT2D eigenvalue weighted by Crippen LogP contribution is 2.37. The molecule has 1 saturated carbocycles. The first kappa shape index (κ1) is 19.5. The van der Waals surface area contributed by atoms with Crippen LogP contribution in [0.4, 0.5) is 0 Å². The maximum absolute atomic E-state index is 12.5. The number of nitrogens with two attached hydrogens (primary N) is 1. The smallest absolute Gasteiger partial charge is 0.233 e. The minimum absolute atomic E-state index is 0. The number of amides is 2. The molecule has 2 fully saturated rings. The van der Waals surface area contributed by atoms with Crippen LogP contribution < -0.4 is 5.73 Å². The van der Waals surface area contributed by atoms with Crippen LogP contribution in [0, 0.1) is 11.8 Å². The number of carbonyl (C=O) groups is 2. The number of hydrogen-bond acceptors (Lipinski definition) is 6. The summed E-state index contributed by atoms with van der Waals surface area (Å²) in [7, 11) is 0. The Balaban J connectivity index is 0.00000210. The first-order chi connectivity index (χ1) is 12.7. The third-order valence-corrected chi connectivity index (χ3v) is 5.40. The maximum atomic E-state index is 12.5. The molecule has 2 unspecified atom stereocenters. The highest BCUT2D eigenvalue weighted by atomic mass is 35.5. The quantitative estimate of drug-likeness (QED) is 0.786. The second-order valence-electron chi connectivity index (χ2n) is 6.99. The standard InChI is InChI=1S/C19H22N4O3.ClH/c20-11-12-5-7-13(8-6-12)17-21-16(26-22-17)9-10-23-18(24)14-3-1-2-4-15(14)19(23)25;/h5-8,14-15H,1-4,9-11,20H2;1H. The molecule has 1 saturated heterocycles. The van der Waals surface area contributed by atoms with Gasteiger partial charge in [-0.2, -0.15) is 4.98 Å². The fourth-order valence-corrected chi connectivity index (χ4v) is 3.92. The van der Waals surface area contributed by atoms with Crippen molar-refractivity contribution in [2.75, 3.05) is 6.54 Å². The molecule has 4 rings (SSSR count). The predicted octanol–water partition coefficient (Wildman–Crippen LogP) is 2.33. The van der Waals surface area contributed by atoms with E-state index in [0.29, 0.717) is 31.2 Å². The summed E-state index contributed by atoms with van der Waals surface area (Å²) in [5.41, 5.74) is 7.47. The van der Waals surface area contributed by atoms with Crippen LogP contribution in [0.1, 0.15) is 37.1 Å². The Morgan fingerprint density at radius 3 is 2.30 bits per heavy atom. The zero-order valence-corrected chi connectivity index (χ0v) is 15.8. The molecule has 27 heavy (non-hydrogen) atoms. The summed E-state index contributed by atoms with van der Waals surface area (Å²) < 4.78 is 5.29. The Labute approximate surface area is 163 Å². The number of nitrogens with zero attached hydrogens (tertiary/aromatic N) is 3. The van der Waals surface area contributed by atoms with Gasteiger partial charge in [-0.15, -0.1) is 12.4 Å². The molecule has 7 nitrogen and oxygen atoms in total. The minimum Gasteiger partial charge on any atom is -0.339 e. The van der Waals surface area contributed by atoms with Gasteiger partial charge in [-0.1, -0.05) is 42.3 Å². The number of fused-ring (bicyclic) bond motifs is 1. The molecule has 1 aliphatic heterocycles. The number of hydrogen-bond donors (Lipinski definition) is 1. The van der Waals surface area contributed by atoms with Gasteiger partial charge >= 0.3 is 0 Å². The largest absolute Gasteiger partial charge is 0.339 e. The molecule has 2 aliphatic rings. The van der Waals surface area contributed by atoms with E-state index in [9.17, 15) is 9.59 Å². The fourth-order valence-electron chi connectivity index (χ4n) is 3.92. The summed E-state index contributed by atoms with van der Waals surface area (Å²) in [4.78, 5) is 30.7. The lowest BCUT2D eigenvalue weighted by Gasteiger charge is -2.19. The van der Waals surface area contributed by atoms with E-state index in [4.69, 9.17) is 10.3 Å². The number of imide groups is 1. The van der Waals surface area contributed by atoms with Gasteiger partial charge in [0.1, 0.15) is 0 Å². The van der Waals surface area contributed by atoms with Gasteiger partial charge in [-0.25, -0.2) is 0 Å². The first-order valence-electron chi connectivity index (χ1n) is 9.14. The summed E-state index contributed by atoms with van der Waals surface area (Å²) in [6, 6.07) is 7.65. The van der Waals surface area contributed by atoms with Gasteiger partial charge in [-0.3, -0.25) is 14.5 Å². The van der Waals surface area contributed by atoms with E-state index < -0.39 is 0 Å². The number of aromatic nitrogens is 2. The van der Waals surface area contributed by atoms with E-state index in [2.05, 4.69) is 10.1 Å². The predicted molar refractivity (Wildman–Crippen MR) is 101 cm³/mol. The highest BCUT2D eigenvalue weighted by molar-refractivity contribution is 6.05. The molecule has 0 spiro atoms. The van der Waals surface area contributed by atoms with Crippen molar-refractivity contribution < 1.29 is 14.1 Å². The molecule has 2 N–H and O–H groups in total. The molecule has 1 aromatic carbocycles. The van der Waals surface area contributed by atoms with Gasteiger partial charge in [0.2, 0.25) is 23.5 Å². The van der Waals surface area contributed by atoms with Gasteiger partial charge in [0.15, 0.2) is 0 Å². The third kappa shape index (κ3) is 3.75. The van der Waals surface area contributed by atoms with Crippen LogP contribution >= 0.6 is 12.4 Å². The van der Waals surface area contributed by atoms with E-state index >= 15 is 0 Å². The van der Waals surface area contributed by atoms with E-state index in [1.807, 2.05) is 24.3 Å². The Morgan fingerprint density at radius 1 is 1.07 bits per heavy atom. The van der Waals surface area contributed by atoms with Crippen molar-refractivity contribution in [2.45, 2.75) is 38.6 Å². The molecule has 2 aromatic rings. The second kappa shape index (κ2) is 8.19. The first-order valence-corrected chi connectivity index (χ1v) is 9.14. The average Bonchev–Trinajstić information content (AvgIpc) is 3.25. The van der Waals surface area contributed by atoms with Crippen molar-refractivity contribution in [3.8, 4) is 11.4 Å². The molecule has 2 atom stereocenters. The minimum atomic E-state index is -0.115. The van der Waals surface area contributed by atoms with Crippen molar-refractivity contribution in [3.63, 3.8) is 0 Å². The Bertz CT molecular complexity index is 797. The van der Waals surface area contributed by atoms with E-state index in [1.54, 1.807) is 0 Å². The van der Waals surface area contributed by atoms with Gasteiger partial charge in [0.05, 0.1) is 11.8 Å². The highest BCUT2D eigenvalue weighted by Gasteiger charge is 2.47. The zero-order valence-electron chi connectivity index (χ0n) is 15.0. The van der Waals surface area contributed by atoms with Crippen LogP contribution in [0.2, 0.25) is 0 Å². The SMILES string of the molecule is Cl.NCc1ccc(-c2noc(CCN3C(=O)C4CCCCC4C3=O)n2)cc1. The lowest BCUT2D eigenvalue weighted by atomic mass is 9.81. The van der Waals surface area contributed by atoms with E-state index in [-0.39, 0.29) is 36.1 Å². The number of carbonyl (C=O) groups excluding carboxylic acids is 2. The topological polar surface area (TPSA) is 102 Å². The maximum Gasteiger partial charge on any atom is 0.233 e. The normalized spacial score (nSPS) is 21.9. The molecule has 2 heterocycles. The summed E-state index contributed by atoms with van der Waals surface area (Å²) in [5.74, 6) is 0.634. The van der Waals surface area contributed by atoms with Gasteiger partial charge < -0.3 is 10.3 Å². The summed E-state index contributed by atoms with van der Waals surface area (Å²) in [6.45, 7) is 0.788. The van der Waals surface area contributed by atoms with Crippen molar-refractivity contribution in [1.29, 1.82) is 0 Å². The monoisotopic (exact) mass is 390 g/mol. The van der Waals surface area contributed by atoms with Crippen molar-refractivity contribution >= 4 is 24.2 Å². The van der Waals surface area contributed by atoms with Crippen LogP contribution in [0.5, 0.6) is 0 Å².